The summed E-state index contributed by atoms with van der Waals surface area (Å²) < 4.78 is 0. The summed E-state index contributed by atoms with van der Waals surface area (Å²) in [5, 5.41) is 3.10. The molecule has 1 N–H and O–H groups in total. The Labute approximate surface area is 161 Å². The van der Waals surface area contributed by atoms with E-state index in [4.69, 9.17) is 11.6 Å². The maximum Gasteiger partial charge on any atom is 0.255 e. The maximum atomic E-state index is 13.1. The molecule has 134 valence electrons. The molecule has 1 aliphatic heterocycles. The highest BCUT2D eigenvalue weighted by Crippen LogP contribution is 2.32. The number of hydrogen-bond acceptors (Lipinski definition) is 3. The second-order valence-electron chi connectivity index (χ2n) is 6.23. The van der Waals surface area contributed by atoms with Crippen LogP contribution in [0.4, 0.5) is 5.82 Å². The number of fused-ring (bicyclic) bond motifs is 1. The SMILES string of the molecule is O=C(Nc1ncccc1Cl)C(c1ccccc1)N1Cc2ccccc2C1=O. The third kappa shape index (κ3) is 3.29. The predicted molar refractivity (Wildman–Crippen MR) is 103 cm³/mol. The minimum atomic E-state index is -0.788. The van der Waals surface area contributed by atoms with E-state index in [0.717, 1.165) is 11.1 Å². The number of anilines is 1. The zero-order chi connectivity index (χ0) is 18.8. The number of halogens is 1. The smallest absolute Gasteiger partial charge is 0.255 e. The second kappa shape index (κ2) is 7.21. The first-order chi connectivity index (χ1) is 13.1. The third-order valence-corrected chi connectivity index (χ3v) is 4.83. The van der Waals surface area contributed by atoms with Gasteiger partial charge in [0.2, 0.25) is 0 Å². The average molecular weight is 378 g/mol. The molecule has 0 bridgehead atoms. The first-order valence-corrected chi connectivity index (χ1v) is 8.88. The molecule has 0 saturated heterocycles. The van der Waals surface area contributed by atoms with Gasteiger partial charge in [-0.05, 0) is 29.3 Å². The number of nitrogens with zero attached hydrogens (tertiary/aromatic N) is 2. The molecule has 0 aliphatic carbocycles. The topological polar surface area (TPSA) is 62.3 Å². The third-order valence-electron chi connectivity index (χ3n) is 4.52. The van der Waals surface area contributed by atoms with Gasteiger partial charge in [-0.1, -0.05) is 60.1 Å². The van der Waals surface area contributed by atoms with Gasteiger partial charge in [0.1, 0.15) is 6.04 Å². The monoisotopic (exact) mass is 377 g/mol. The molecule has 1 aliphatic rings. The molecule has 0 radical (unpaired) electrons. The fourth-order valence-corrected chi connectivity index (χ4v) is 3.43. The zero-order valence-corrected chi connectivity index (χ0v) is 15.1. The van der Waals surface area contributed by atoms with Gasteiger partial charge in [-0.2, -0.15) is 0 Å². The molecule has 4 rings (SSSR count). The van der Waals surface area contributed by atoms with Crippen LogP contribution < -0.4 is 5.32 Å². The summed E-state index contributed by atoms with van der Waals surface area (Å²) in [7, 11) is 0. The van der Waals surface area contributed by atoms with Gasteiger partial charge in [0.25, 0.3) is 11.8 Å². The Morgan fingerprint density at radius 3 is 2.52 bits per heavy atom. The summed E-state index contributed by atoms with van der Waals surface area (Å²) in [4.78, 5) is 31.8. The number of nitrogens with one attached hydrogen (secondary N) is 1. The normalized spacial score (nSPS) is 14.0. The zero-order valence-electron chi connectivity index (χ0n) is 14.3. The van der Waals surface area contributed by atoms with Crippen LogP contribution in [-0.2, 0) is 11.3 Å². The largest absolute Gasteiger partial charge is 0.318 e. The molecule has 1 atom stereocenters. The van der Waals surface area contributed by atoms with E-state index >= 15 is 0 Å². The molecule has 27 heavy (non-hydrogen) atoms. The van der Waals surface area contributed by atoms with E-state index in [1.165, 1.54) is 0 Å². The van der Waals surface area contributed by atoms with Gasteiger partial charge in [-0.15, -0.1) is 0 Å². The average Bonchev–Trinajstić information content (AvgIpc) is 3.01. The highest BCUT2D eigenvalue weighted by molar-refractivity contribution is 6.33. The molecule has 2 heterocycles. The first kappa shape index (κ1) is 17.2. The lowest BCUT2D eigenvalue weighted by atomic mass is 10.0. The summed E-state index contributed by atoms with van der Waals surface area (Å²) in [6, 6.07) is 19.2. The van der Waals surface area contributed by atoms with E-state index in [1.54, 1.807) is 29.3 Å². The Hall–Kier alpha value is -3.18. The molecular weight excluding hydrogens is 362 g/mol. The van der Waals surface area contributed by atoms with Crippen LogP contribution in [0.15, 0.2) is 72.9 Å². The van der Waals surface area contributed by atoms with Crippen molar-refractivity contribution in [1.82, 2.24) is 9.88 Å². The van der Waals surface area contributed by atoms with Crippen LogP contribution >= 0.6 is 11.6 Å². The Morgan fingerprint density at radius 1 is 1.04 bits per heavy atom. The van der Waals surface area contributed by atoms with Crippen LogP contribution in [0.3, 0.4) is 0 Å². The summed E-state index contributed by atoms with van der Waals surface area (Å²) in [5.74, 6) is -0.251. The number of aromatic nitrogens is 1. The maximum absolute atomic E-state index is 13.1. The van der Waals surface area contributed by atoms with Crippen LogP contribution in [0.5, 0.6) is 0 Å². The lowest BCUT2D eigenvalue weighted by molar-refractivity contribution is -0.120. The van der Waals surface area contributed by atoms with Crippen molar-refractivity contribution in [3.8, 4) is 0 Å². The molecule has 5 nitrogen and oxygen atoms in total. The van der Waals surface area contributed by atoms with E-state index < -0.39 is 6.04 Å². The molecule has 1 aromatic heterocycles. The van der Waals surface area contributed by atoms with Crippen molar-refractivity contribution >= 4 is 29.2 Å². The first-order valence-electron chi connectivity index (χ1n) is 8.50. The molecular formula is C21H16ClN3O2. The van der Waals surface area contributed by atoms with E-state index in [2.05, 4.69) is 10.3 Å². The Balaban J connectivity index is 1.70. The van der Waals surface area contributed by atoms with Crippen molar-refractivity contribution in [3.05, 3.63) is 94.6 Å². The minimum Gasteiger partial charge on any atom is -0.318 e. The summed E-state index contributed by atoms with van der Waals surface area (Å²) in [5.41, 5.74) is 2.26. The van der Waals surface area contributed by atoms with Crippen molar-refractivity contribution in [2.75, 3.05) is 5.32 Å². The number of rotatable bonds is 4. The van der Waals surface area contributed by atoms with E-state index in [-0.39, 0.29) is 17.6 Å². The van der Waals surface area contributed by atoms with Gasteiger partial charge in [0, 0.05) is 18.3 Å². The van der Waals surface area contributed by atoms with Crippen molar-refractivity contribution < 1.29 is 9.59 Å². The highest BCUT2D eigenvalue weighted by Gasteiger charge is 2.37. The Bertz CT molecular complexity index is 1010. The van der Waals surface area contributed by atoms with Crippen molar-refractivity contribution in [2.24, 2.45) is 0 Å². The van der Waals surface area contributed by atoms with Gasteiger partial charge < -0.3 is 10.2 Å². The van der Waals surface area contributed by atoms with Gasteiger partial charge in [-0.3, -0.25) is 9.59 Å². The minimum absolute atomic E-state index is 0.165. The van der Waals surface area contributed by atoms with Crippen molar-refractivity contribution in [3.63, 3.8) is 0 Å². The highest BCUT2D eigenvalue weighted by atomic mass is 35.5. The van der Waals surface area contributed by atoms with Crippen molar-refractivity contribution in [1.29, 1.82) is 0 Å². The molecule has 3 aromatic rings. The summed E-state index contributed by atoms with van der Waals surface area (Å²) in [6.45, 7) is 0.373. The van der Waals surface area contributed by atoms with Crippen LogP contribution in [0.1, 0.15) is 27.5 Å². The molecule has 2 amide bonds. The molecule has 2 aromatic carbocycles. The second-order valence-corrected chi connectivity index (χ2v) is 6.63. The number of benzene rings is 2. The van der Waals surface area contributed by atoms with E-state index in [1.807, 2.05) is 48.5 Å². The lowest BCUT2D eigenvalue weighted by Crippen LogP contribution is -2.37. The lowest BCUT2D eigenvalue weighted by Gasteiger charge is -2.27. The fraction of sp³-hybridized carbons (Fsp3) is 0.0952. The number of pyridine rings is 1. The number of hydrogen-bond donors (Lipinski definition) is 1. The number of carbonyl (C=O) groups excluding carboxylic acids is 2. The molecule has 0 saturated carbocycles. The van der Waals surface area contributed by atoms with Gasteiger partial charge in [-0.25, -0.2) is 4.98 Å². The summed E-state index contributed by atoms with van der Waals surface area (Å²) >= 11 is 6.12. The molecule has 1 unspecified atom stereocenters. The fourth-order valence-electron chi connectivity index (χ4n) is 3.26. The van der Waals surface area contributed by atoms with Crippen LogP contribution in [-0.4, -0.2) is 21.7 Å². The van der Waals surface area contributed by atoms with Gasteiger partial charge >= 0.3 is 0 Å². The van der Waals surface area contributed by atoms with E-state index in [9.17, 15) is 9.59 Å². The van der Waals surface area contributed by atoms with Crippen LogP contribution in [0.25, 0.3) is 0 Å². The van der Waals surface area contributed by atoms with Gasteiger partial charge in [0.05, 0.1) is 5.02 Å². The van der Waals surface area contributed by atoms with Gasteiger partial charge in [0.15, 0.2) is 5.82 Å². The quantitative estimate of drug-likeness (QED) is 0.745. The predicted octanol–water partition coefficient (Wildman–Crippen LogP) is 4.07. The molecule has 6 heteroatoms. The van der Waals surface area contributed by atoms with E-state index in [0.29, 0.717) is 17.1 Å². The molecule has 0 spiro atoms. The van der Waals surface area contributed by atoms with Crippen molar-refractivity contribution in [2.45, 2.75) is 12.6 Å². The van der Waals surface area contributed by atoms with Crippen LogP contribution in [0, 0.1) is 0 Å². The molecule has 0 fully saturated rings. The number of carbonyl (C=O) groups is 2. The summed E-state index contributed by atoms with van der Waals surface area (Å²) in [6.07, 6.45) is 1.55. The standard InChI is InChI=1S/C21H16ClN3O2/c22-17-11-6-12-23-19(17)24-20(26)18(14-7-2-1-3-8-14)25-13-15-9-4-5-10-16(15)21(25)27/h1-12,18H,13H2,(H,23,24,26). The Morgan fingerprint density at radius 2 is 1.78 bits per heavy atom. The Kier molecular flexibility index (Phi) is 4.60. The van der Waals surface area contributed by atoms with Crippen LogP contribution in [0.2, 0.25) is 5.02 Å². The number of amides is 2.